The van der Waals surface area contributed by atoms with Crippen LogP contribution in [0.3, 0.4) is 0 Å². The van der Waals surface area contributed by atoms with E-state index in [1.165, 1.54) is 289 Å². The average molecular weight is 1070 g/mol. The Hall–Kier alpha value is -1.92. The summed E-state index contributed by atoms with van der Waals surface area (Å²) < 4.78 is 5.50. The van der Waals surface area contributed by atoms with Crippen molar-refractivity contribution in [1.29, 1.82) is 0 Å². The zero-order valence-electron chi connectivity index (χ0n) is 51.3. The minimum Gasteiger partial charge on any atom is -0.466 e. The Balaban J connectivity index is 3.34. The quantitative estimate of drug-likeness (QED) is 0.0320. The van der Waals surface area contributed by atoms with Gasteiger partial charge in [-0.15, -0.1) is 0 Å². The molecule has 0 aliphatic carbocycles. The summed E-state index contributed by atoms with van der Waals surface area (Å²) in [5.41, 5.74) is 0. The van der Waals surface area contributed by atoms with E-state index in [1.54, 1.807) is 0 Å². The van der Waals surface area contributed by atoms with Gasteiger partial charge >= 0.3 is 5.97 Å². The summed E-state index contributed by atoms with van der Waals surface area (Å²) in [6.45, 7) is 4.94. The Kier molecular flexibility index (Phi) is 63.9. The van der Waals surface area contributed by atoms with E-state index in [9.17, 15) is 19.8 Å². The predicted molar refractivity (Wildman–Crippen MR) is 333 cm³/mol. The summed E-state index contributed by atoms with van der Waals surface area (Å²) >= 11 is 0. The lowest BCUT2D eigenvalue weighted by molar-refractivity contribution is -0.143. The van der Waals surface area contributed by atoms with Crippen LogP contribution in [-0.4, -0.2) is 47.4 Å². The van der Waals surface area contributed by atoms with E-state index < -0.39 is 12.1 Å². The van der Waals surface area contributed by atoms with Crippen molar-refractivity contribution in [3.63, 3.8) is 0 Å². The van der Waals surface area contributed by atoms with Gasteiger partial charge in [-0.25, -0.2) is 0 Å². The molecule has 448 valence electrons. The molecule has 0 aliphatic rings. The molecule has 0 bridgehead atoms. The molecule has 0 heterocycles. The van der Waals surface area contributed by atoms with Gasteiger partial charge in [-0.3, -0.25) is 9.59 Å². The highest BCUT2D eigenvalue weighted by Gasteiger charge is 2.20. The predicted octanol–water partition coefficient (Wildman–Crippen LogP) is 21.9. The van der Waals surface area contributed by atoms with Gasteiger partial charge in [0.05, 0.1) is 25.4 Å². The number of hydrogen-bond acceptors (Lipinski definition) is 5. The maximum atomic E-state index is 12.5. The van der Waals surface area contributed by atoms with Crippen LogP contribution >= 0.6 is 0 Å². The molecule has 0 aromatic rings. The van der Waals surface area contributed by atoms with Crippen molar-refractivity contribution in [2.75, 3.05) is 13.2 Å². The number of rotatable bonds is 64. The van der Waals surface area contributed by atoms with E-state index in [0.29, 0.717) is 25.9 Å². The number of hydrogen-bond donors (Lipinski definition) is 3. The molecule has 6 heteroatoms. The highest BCUT2D eigenvalue weighted by molar-refractivity contribution is 5.76. The van der Waals surface area contributed by atoms with E-state index in [2.05, 4.69) is 55.6 Å². The number of carbonyl (C=O) groups excluding carboxylic acids is 2. The first-order valence-corrected chi connectivity index (χ1v) is 34.2. The smallest absolute Gasteiger partial charge is 0.305 e. The molecule has 0 aromatic carbocycles. The van der Waals surface area contributed by atoms with Crippen LogP contribution in [0.25, 0.3) is 0 Å². The maximum Gasteiger partial charge on any atom is 0.305 e. The second-order valence-corrected chi connectivity index (χ2v) is 23.5. The molecule has 0 saturated heterocycles. The summed E-state index contributed by atoms with van der Waals surface area (Å²) in [6.07, 6.45) is 83.3. The van der Waals surface area contributed by atoms with Crippen LogP contribution < -0.4 is 5.32 Å². The molecule has 3 N–H and O–H groups in total. The largest absolute Gasteiger partial charge is 0.466 e. The molecule has 0 radical (unpaired) electrons. The number of esters is 1. The fraction of sp³-hybridized carbons (Fsp3) is 0.886. The second-order valence-electron chi connectivity index (χ2n) is 23.5. The first-order chi connectivity index (χ1) is 37.5. The summed E-state index contributed by atoms with van der Waals surface area (Å²) in [5.74, 6) is -0.0209. The van der Waals surface area contributed by atoms with Gasteiger partial charge < -0.3 is 20.3 Å². The molecule has 0 spiro atoms. The van der Waals surface area contributed by atoms with Crippen molar-refractivity contribution in [3.05, 3.63) is 36.5 Å². The van der Waals surface area contributed by atoms with Crippen molar-refractivity contribution < 1.29 is 24.5 Å². The zero-order valence-corrected chi connectivity index (χ0v) is 51.3. The van der Waals surface area contributed by atoms with E-state index in [4.69, 9.17) is 4.74 Å². The van der Waals surface area contributed by atoms with Gasteiger partial charge in [-0.05, 0) is 83.5 Å². The molecule has 2 atom stereocenters. The van der Waals surface area contributed by atoms with Crippen LogP contribution in [0, 0.1) is 0 Å². The number of carbonyl (C=O) groups is 2. The number of allylic oxidation sites excluding steroid dienone is 6. The van der Waals surface area contributed by atoms with E-state index >= 15 is 0 Å². The number of unbranched alkanes of at least 4 members (excludes halogenated alkanes) is 47. The molecule has 6 nitrogen and oxygen atoms in total. The molecular formula is C70H133NO5. The van der Waals surface area contributed by atoms with Crippen LogP contribution in [0.5, 0.6) is 0 Å². The van der Waals surface area contributed by atoms with Gasteiger partial charge in [0.25, 0.3) is 0 Å². The summed E-state index contributed by atoms with van der Waals surface area (Å²) in [4.78, 5) is 24.6. The lowest BCUT2D eigenvalue weighted by atomic mass is 10.0. The molecule has 0 aliphatic heterocycles. The molecule has 76 heavy (non-hydrogen) atoms. The molecule has 0 aromatic heterocycles. The zero-order chi connectivity index (χ0) is 55.0. The van der Waals surface area contributed by atoms with Gasteiger partial charge in [-0.2, -0.15) is 0 Å². The third-order valence-electron chi connectivity index (χ3n) is 15.9. The Morgan fingerprint density at radius 1 is 0.368 bits per heavy atom. The lowest BCUT2D eigenvalue weighted by Gasteiger charge is -2.22. The van der Waals surface area contributed by atoms with Crippen LogP contribution in [0.4, 0.5) is 0 Å². The van der Waals surface area contributed by atoms with Crippen LogP contribution in [0.15, 0.2) is 36.5 Å². The third kappa shape index (κ3) is 61.3. The van der Waals surface area contributed by atoms with Crippen LogP contribution in [0.2, 0.25) is 0 Å². The molecule has 1 amide bonds. The van der Waals surface area contributed by atoms with Crippen molar-refractivity contribution in [1.82, 2.24) is 5.32 Å². The number of ether oxygens (including phenoxy) is 1. The SMILES string of the molecule is CCCCC/C=C\C/C=C\CCCCCCCCCCCC(=O)OCCCCCCCCCCCCCC/C=C\CCCCCCCCCCCCCCCC(=O)NC(CO)C(O)CCCCCCCCCCCCC. The highest BCUT2D eigenvalue weighted by atomic mass is 16.5. The molecular weight excluding hydrogens is 935 g/mol. The maximum absolute atomic E-state index is 12.5. The summed E-state index contributed by atoms with van der Waals surface area (Å²) in [6, 6.07) is -0.539. The van der Waals surface area contributed by atoms with Gasteiger partial charge in [0.1, 0.15) is 0 Å². The lowest BCUT2D eigenvalue weighted by Crippen LogP contribution is -2.45. The summed E-state index contributed by atoms with van der Waals surface area (Å²) in [5, 5.41) is 23.2. The Morgan fingerprint density at radius 2 is 0.658 bits per heavy atom. The van der Waals surface area contributed by atoms with Gasteiger partial charge in [0.2, 0.25) is 5.91 Å². The van der Waals surface area contributed by atoms with E-state index in [1.807, 2.05) is 0 Å². The van der Waals surface area contributed by atoms with Gasteiger partial charge in [0, 0.05) is 12.8 Å². The van der Waals surface area contributed by atoms with E-state index in [-0.39, 0.29) is 18.5 Å². The monoisotopic (exact) mass is 1070 g/mol. The molecule has 0 fully saturated rings. The van der Waals surface area contributed by atoms with Crippen LogP contribution in [0.1, 0.15) is 373 Å². The fourth-order valence-corrected chi connectivity index (χ4v) is 10.7. The number of aliphatic hydroxyl groups excluding tert-OH is 2. The number of amides is 1. The van der Waals surface area contributed by atoms with Gasteiger partial charge in [0.15, 0.2) is 0 Å². The van der Waals surface area contributed by atoms with E-state index in [0.717, 1.165) is 51.4 Å². The number of nitrogens with one attached hydrogen (secondary N) is 1. The Bertz CT molecular complexity index is 1230. The second kappa shape index (κ2) is 65.6. The Labute approximate surface area is 474 Å². The topological polar surface area (TPSA) is 95.9 Å². The third-order valence-corrected chi connectivity index (χ3v) is 15.9. The normalized spacial score (nSPS) is 12.7. The van der Waals surface area contributed by atoms with Crippen molar-refractivity contribution in [3.8, 4) is 0 Å². The number of aliphatic hydroxyl groups is 2. The van der Waals surface area contributed by atoms with Crippen molar-refractivity contribution in [2.24, 2.45) is 0 Å². The standard InChI is InChI=1S/C70H133NO5/c1-3-5-7-9-11-13-15-16-17-18-30-34-37-40-44-48-52-56-60-64-70(75)76-65-61-57-53-49-45-41-38-35-32-29-27-25-23-21-19-20-22-24-26-28-31-33-36-39-43-47-51-55-59-63-69(74)71-67(66-72)68(73)62-58-54-50-46-42-14-12-10-8-6-4-2/h11,13,16-17,19,21,67-68,72-73H,3-10,12,14-15,18,20,22-66H2,1-2H3,(H,71,74)/b13-11-,17-16-,21-19-. The van der Waals surface area contributed by atoms with Crippen LogP contribution in [-0.2, 0) is 14.3 Å². The first kappa shape index (κ1) is 74.1. The van der Waals surface area contributed by atoms with Gasteiger partial charge in [-0.1, -0.05) is 314 Å². The minimum atomic E-state index is -0.662. The first-order valence-electron chi connectivity index (χ1n) is 34.2. The summed E-state index contributed by atoms with van der Waals surface area (Å²) in [7, 11) is 0. The molecule has 2 unspecified atom stereocenters. The minimum absolute atomic E-state index is 0.0130. The van der Waals surface area contributed by atoms with Crippen molar-refractivity contribution >= 4 is 11.9 Å². The Morgan fingerprint density at radius 3 is 1.04 bits per heavy atom. The molecule has 0 rings (SSSR count). The van der Waals surface area contributed by atoms with Crippen molar-refractivity contribution in [2.45, 2.75) is 386 Å². The highest BCUT2D eigenvalue weighted by Crippen LogP contribution is 2.18. The molecule has 0 saturated carbocycles. The fourth-order valence-electron chi connectivity index (χ4n) is 10.7. The average Bonchev–Trinajstić information content (AvgIpc) is 3.42.